The molecule has 1 aromatic rings. The molecule has 0 spiro atoms. The van der Waals surface area contributed by atoms with Gasteiger partial charge in [0.15, 0.2) is 5.16 Å². The van der Waals surface area contributed by atoms with Gasteiger partial charge in [-0.25, -0.2) is 4.98 Å². The first-order valence-corrected chi connectivity index (χ1v) is 6.48. The van der Waals surface area contributed by atoms with Gasteiger partial charge >= 0.3 is 0 Å². The Morgan fingerprint density at radius 1 is 1.71 bits per heavy atom. The third kappa shape index (κ3) is 3.31. The Kier molecular flexibility index (Phi) is 4.97. The monoisotopic (exact) mass is 274 g/mol. The Morgan fingerprint density at radius 3 is 3.07 bits per heavy atom. The van der Waals surface area contributed by atoms with Crippen LogP contribution in [0.15, 0.2) is 22.2 Å². The summed E-state index contributed by atoms with van der Waals surface area (Å²) in [6.45, 7) is 0. The zero-order valence-electron chi connectivity index (χ0n) is 7.79. The summed E-state index contributed by atoms with van der Waals surface area (Å²) < 4.78 is 0. The Labute approximate surface area is 95.2 Å². The molecule has 0 amide bonds. The fourth-order valence-corrected chi connectivity index (χ4v) is 1.50. The van der Waals surface area contributed by atoms with E-state index in [1.54, 1.807) is 12.3 Å². The van der Waals surface area contributed by atoms with Crippen LogP contribution in [0.5, 0.6) is 0 Å². The van der Waals surface area contributed by atoms with E-state index >= 15 is 0 Å². The molecule has 1 aromatic heterocycles. The molecular formula is C9H11BrN2OS. The fraction of sp³-hybridized carbons (Fsp3) is 0.333. The van der Waals surface area contributed by atoms with Crippen LogP contribution in [0.1, 0.15) is 12.0 Å². The normalized spacial score (nSPS) is 11.0. The van der Waals surface area contributed by atoms with Crippen molar-refractivity contribution in [2.24, 2.45) is 0 Å². The maximum Gasteiger partial charge on any atom is 0.258 e. The summed E-state index contributed by atoms with van der Waals surface area (Å²) in [6.07, 6.45) is 8.11. The van der Waals surface area contributed by atoms with Crippen molar-refractivity contribution >= 4 is 33.8 Å². The van der Waals surface area contributed by atoms with Crippen LogP contribution >= 0.6 is 27.7 Å². The summed E-state index contributed by atoms with van der Waals surface area (Å²) in [6, 6.07) is 0. The highest BCUT2D eigenvalue weighted by atomic mass is 79.9. The van der Waals surface area contributed by atoms with Gasteiger partial charge in [-0.1, -0.05) is 39.8 Å². The molecule has 0 aliphatic heterocycles. The lowest BCUT2D eigenvalue weighted by molar-refractivity contribution is 0.934. The number of aromatic nitrogens is 2. The number of thioether (sulfide) groups is 1. The van der Waals surface area contributed by atoms with E-state index in [0.717, 1.165) is 11.8 Å². The molecule has 5 heteroatoms. The van der Waals surface area contributed by atoms with Crippen LogP contribution in [0.25, 0.3) is 6.08 Å². The average Bonchev–Trinajstić information content (AvgIpc) is 2.20. The molecule has 3 nitrogen and oxygen atoms in total. The molecule has 76 valence electrons. The van der Waals surface area contributed by atoms with E-state index in [2.05, 4.69) is 25.9 Å². The van der Waals surface area contributed by atoms with E-state index in [-0.39, 0.29) is 5.56 Å². The number of rotatable bonds is 4. The minimum atomic E-state index is -0.0878. The molecule has 0 saturated carbocycles. The van der Waals surface area contributed by atoms with Crippen LogP contribution < -0.4 is 5.56 Å². The van der Waals surface area contributed by atoms with Gasteiger partial charge in [0.25, 0.3) is 5.56 Å². The summed E-state index contributed by atoms with van der Waals surface area (Å²) >= 11 is 4.73. The fourth-order valence-electron chi connectivity index (χ4n) is 0.884. The van der Waals surface area contributed by atoms with E-state index in [0.29, 0.717) is 10.7 Å². The van der Waals surface area contributed by atoms with Crippen LogP contribution in [0.2, 0.25) is 0 Å². The van der Waals surface area contributed by atoms with Gasteiger partial charge in [0.2, 0.25) is 0 Å². The van der Waals surface area contributed by atoms with Gasteiger partial charge in [-0.2, -0.15) is 0 Å². The highest BCUT2D eigenvalue weighted by Crippen LogP contribution is 2.05. The topological polar surface area (TPSA) is 45.8 Å². The maximum atomic E-state index is 11.4. The molecule has 0 aliphatic carbocycles. The van der Waals surface area contributed by atoms with Crippen LogP contribution in [-0.4, -0.2) is 21.6 Å². The highest BCUT2D eigenvalue weighted by molar-refractivity contribution is 9.09. The molecule has 1 N–H and O–H groups in total. The molecule has 0 atom stereocenters. The summed E-state index contributed by atoms with van der Waals surface area (Å²) in [7, 11) is 0. The summed E-state index contributed by atoms with van der Waals surface area (Å²) in [5.41, 5.74) is 0.513. The van der Waals surface area contributed by atoms with Gasteiger partial charge in [-0.05, 0) is 12.7 Å². The van der Waals surface area contributed by atoms with Gasteiger partial charge in [0, 0.05) is 11.5 Å². The zero-order chi connectivity index (χ0) is 10.4. The molecular weight excluding hydrogens is 264 g/mol. The number of nitrogens with one attached hydrogen (secondary N) is 1. The first-order chi connectivity index (χ1) is 6.77. The first-order valence-electron chi connectivity index (χ1n) is 4.13. The number of hydrogen-bond donors (Lipinski definition) is 1. The second kappa shape index (κ2) is 6.03. The molecule has 0 aliphatic rings. The molecule has 1 heterocycles. The third-order valence-electron chi connectivity index (χ3n) is 1.57. The van der Waals surface area contributed by atoms with Crippen molar-refractivity contribution in [2.45, 2.75) is 11.6 Å². The van der Waals surface area contributed by atoms with Crippen molar-refractivity contribution in [3.8, 4) is 0 Å². The lowest BCUT2D eigenvalue weighted by Crippen LogP contribution is -2.10. The largest absolute Gasteiger partial charge is 0.301 e. The van der Waals surface area contributed by atoms with E-state index < -0.39 is 0 Å². The van der Waals surface area contributed by atoms with Gasteiger partial charge in [-0.15, -0.1) is 0 Å². The minimum Gasteiger partial charge on any atom is -0.301 e. The smallest absolute Gasteiger partial charge is 0.258 e. The van der Waals surface area contributed by atoms with Crippen molar-refractivity contribution in [2.75, 3.05) is 11.6 Å². The lowest BCUT2D eigenvalue weighted by Gasteiger charge is -1.95. The predicted octanol–water partition coefficient (Wildman–Crippen LogP) is 2.29. The molecule has 0 bridgehead atoms. The van der Waals surface area contributed by atoms with Crippen molar-refractivity contribution < 1.29 is 0 Å². The second-order valence-electron chi connectivity index (χ2n) is 2.56. The highest BCUT2D eigenvalue weighted by Gasteiger charge is 1.97. The van der Waals surface area contributed by atoms with Gasteiger partial charge in [-0.3, -0.25) is 4.79 Å². The summed E-state index contributed by atoms with van der Waals surface area (Å²) in [4.78, 5) is 18.2. The molecule has 0 aromatic carbocycles. The number of aromatic amines is 1. The van der Waals surface area contributed by atoms with Gasteiger partial charge in [0.1, 0.15) is 0 Å². The molecule has 0 saturated heterocycles. The molecule has 1 rings (SSSR count). The molecule has 0 unspecified atom stereocenters. The SMILES string of the molecule is CSc1ncc(C=CCCBr)c(=O)[nH]1. The number of hydrogen-bond acceptors (Lipinski definition) is 3. The van der Waals surface area contributed by atoms with Crippen molar-refractivity contribution in [1.29, 1.82) is 0 Å². The maximum absolute atomic E-state index is 11.4. The van der Waals surface area contributed by atoms with E-state index in [9.17, 15) is 4.79 Å². The predicted molar refractivity (Wildman–Crippen MR) is 64.1 cm³/mol. The number of H-pyrrole nitrogens is 1. The van der Waals surface area contributed by atoms with Crippen LogP contribution in [-0.2, 0) is 0 Å². The minimum absolute atomic E-state index is 0.0878. The Hall–Kier alpha value is -0.550. The summed E-state index contributed by atoms with van der Waals surface area (Å²) in [5.74, 6) is 0. The van der Waals surface area contributed by atoms with E-state index in [1.165, 1.54) is 11.8 Å². The van der Waals surface area contributed by atoms with Crippen LogP contribution in [0.3, 0.4) is 0 Å². The molecule has 0 fully saturated rings. The van der Waals surface area contributed by atoms with Gasteiger partial charge in [0.05, 0.1) is 5.56 Å². The Balaban J connectivity index is 2.84. The standard InChI is InChI=1S/C9H11BrN2OS/c1-14-9-11-6-7(8(13)12-9)4-2-3-5-10/h2,4,6H,3,5H2,1H3,(H,11,12,13). The van der Waals surface area contributed by atoms with Crippen molar-refractivity contribution in [3.05, 3.63) is 28.2 Å². The lowest BCUT2D eigenvalue weighted by atomic mass is 10.3. The second-order valence-corrected chi connectivity index (χ2v) is 4.14. The molecule has 14 heavy (non-hydrogen) atoms. The van der Waals surface area contributed by atoms with E-state index in [1.807, 2.05) is 12.3 Å². The Bertz CT molecular complexity index is 375. The number of halogens is 1. The number of nitrogens with zero attached hydrogens (tertiary/aromatic N) is 1. The van der Waals surface area contributed by atoms with E-state index in [4.69, 9.17) is 0 Å². The Morgan fingerprint density at radius 2 is 2.50 bits per heavy atom. The number of alkyl halides is 1. The quantitative estimate of drug-likeness (QED) is 0.521. The van der Waals surface area contributed by atoms with Crippen LogP contribution in [0, 0.1) is 0 Å². The first kappa shape index (κ1) is 11.5. The average molecular weight is 275 g/mol. The van der Waals surface area contributed by atoms with Crippen molar-refractivity contribution in [3.63, 3.8) is 0 Å². The third-order valence-corrected chi connectivity index (χ3v) is 2.62. The van der Waals surface area contributed by atoms with Crippen molar-refractivity contribution in [1.82, 2.24) is 9.97 Å². The zero-order valence-corrected chi connectivity index (χ0v) is 10.2. The molecule has 0 radical (unpaired) electrons. The summed E-state index contributed by atoms with van der Waals surface area (Å²) in [5, 5.41) is 1.55. The van der Waals surface area contributed by atoms with Crippen LogP contribution in [0.4, 0.5) is 0 Å². The number of allylic oxidation sites excluding steroid dienone is 1. The van der Waals surface area contributed by atoms with Gasteiger partial charge < -0.3 is 4.98 Å².